The molecule has 1 aromatic heterocycles. The summed E-state index contributed by atoms with van der Waals surface area (Å²) in [6.07, 6.45) is -6.26. The van der Waals surface area contributed by atoms with E-state index in [0.29, 0.717) is 16.0 Å². The van der Waals surface area contributed by atoms with Crippen LogP contribution in [0.3, 0.4) is 0 Å². The Labute approximate surface area is 255 Å². The molecule has 0 amide bonds. The Hall–Kier alpha value is -3.92. The minimum Gasteiger partial charge on any atom is -0.404 e. The van der Waals surface area contributed by atoms with Gasteiger partial charge < -0.3 is 20.1 Å². The summed E-state index contributed by atoms with van der Waals surface area (Å²) in [5, 5.41) is 10.2. The molecule has 234 valence electrons. The largest absolute Gasteiger partial charge is 0.573 e. The number of imidazole rings is 1. The Morgan fingerprint density at radius 3 is 2.34 bits per heavy atom. The number of alkyl halides is 6. The van der Waals surface area contributed by atoms with Gasteiger partial charge in [-0.1, -0.05) is 17.7 Å². The summed E-state index contributed by atoms with van der Waals surface area (Å²) in [5.41, 5.74) is 5.82. The molecule has 3 aromatic carbocycles. The summed E-state index contributed by atoms with van der Waals surface area (Å²) in [6.45, 7) is 0.810. The van der Waals surface area contributed by atoms with E-state index in [2.05, 4.69) is 9.72 Å². The molecule has 0 bridgehead atoms. The first kappa shape index (κ1) is 33.0. The number of nitrogens with zero attached hydrogens (tertiary/aromatic N) is 3. The molecule has 5 N–H and O–H groups in total. The number of nitrogens with two attached hydrogens (primary N) is 2. The molecule has 0 atom stereocenters. The Bertz CT molecular complexity index is 1720. The molecule has 0 unspecified atom stereocenters. The third-order valence-electron chi connectivity index (χ3n) is 6.40. The molecule has 4 aromatic rings. The second kappa shape index (κ2) is 12.6. The number of benzene rings is 3. The summed E-state index contributed by atoms with van der Waals surface area (Å²) >= 11 is 7.23. The van der Waals surface area contributed by atoms with Crippen molar-refractivity contribution in [3.05, 3.63) is 94.4 Å². The SMILES string of the molecule is CSc1cc(-c2ccc(-n3cc(C(F)(F)F)nc3C)c(N(N)/C(=C\N)c3ccc(OC(F)(F)F)c(Cl)c3)c2)cc(F)c1CO. The fourth-order valence-corrected chi connectivity index (χ4v) is 5.25. The van der Waals surface area contributed by atoms with Crippen molar-refractivity contribution >= 4 is 34.7 Å². The van der Waals surface area contributed by atoms with Crippen LogP contribution >= 0.6 is 23.4 Å². The van der Waals surface area contributed by atoms with Crippen LogP contribution < -0.4 is 21.3 Å². The van der Waals surface area contributed by atoms with Crippen LogP contribution in [0.15, 0.2) is 65.8 Å². The van der Waals surface area contributed by atoms with Crippen LogP contribution in [-0.2, 0) is 12.8 Å². The summed E-state index contributed by atoms with van der Waals surface area (Å²) in [5.74, 6) is 5.09. The van der Waals surface area contributed by atoms with Crippen LogP contribution in [-0.4, -0.2) is 27.3 Å². The number of aliphatic hydroxyl groups is 1. The number of halogens is 8. The van der Waals surface area contributed by atoms with Gasteiger partial charge in [-0.25, -0.2) is 15.2 Å². The molecule has 0 saturated heterocycles. The first-order chi connectivity index (χ1) is 20.6. The zero-order valence-electron chi connectivity index (χ0n) is 22.8. The van der Waals surface area contributed by atoms with Gasteiger partial charge in [0.15, 0.2) is 5.69 Å². The van der Waals surface area contributed by atoms with Crippen LogP contribution in [0.2, 0.25) is 5.02 Å². The number of hydrazine groups is 1. The maximum Gasteiger partial charge on any atom is 0.573 e. The van der Waals surface area contributed by atoms with Crippen molar-refractivity contribution in [1.82, 2.24) is 9.55 Å². The third kappa shape index (κ3) is 6.90. The van der Waals surface area contributed by atoms with Gasteiger partial charge in [-0.05, 0) is 66.8 Å². The second-order valence-corrected chi connectivity index (χ2v) is 10.4. The lowest BCUT2D eigenvalue weighted by molar-refractivity contribution is -0.274. The van der Waals surface area contributed by atoms with Crippen molar-refractivity contribution in [1.29, 1.82) is 0 Å². The predicted octanol–water partition coefficient (Wildman–Crippen LogP) is 7.41. The Morgan fingerprint density at radius 1 is 1.09 bits per heavy atom. The van der Waals surface area contributed by atoms with Gasteiger partial charge in [0.1, 0.15) is 17.4 Å². The molecule has 0 saturated carbocycles. The van der Waals surface area contributed by atoms with Gasteiger partial charge in [-0.15, -0.1) is 24.9 Å². The zero-order valence-corrected chi connectivity index (χ0v) is 24.3. The van der Waals surface area contributed by atoms with Crippen molar-refractivity contribution < 1.29 is 40.6 Å². The highest BCUT2D eigenvalue weighted by Crippen LogP contribution is 2.39. The normalized spacial score (nSPS) is 12.5. The lowest BCUT2D eigenvalue weighted by Gasteiger charge is -2.26. The lowest BCUT2D eigenvalue weighted by atomic mass is 10.0. The van der Waals surface area contributed by atoms with Crippen LogP contribution in [0.1, 0.15) is 22.6 Å². The highest BCUT2D eigenvalue weighted by molar-refractivity contribution is 7.98. The number of ether oxygens (including phenoxy) is 1. The molecule has 0 aliphatic heterocycles. The van der Waals surface area contributed by atoms with E-state index in [1.807, 2.05) is 0 Å². The first-order valence-electron chi connectivity index (χ1n) is 12.4. The number of hydrogen-bond donors (Lipinski definition) is 3. The van der Waals surface area contributed by atoms with Gasteiger partial charge in [0.25, 0.3) is 0 Å². The summed E-state index contributed by atoms with van der Waals surface area (Å²) in [4.78, 5) is 4.06. The highest BCUT2D eigenvalue weighted by Gasteiger charge is 2.35. The van der Waals surface area contributed by atoms with Crippen LogP contribution in [0, 0.1) is 12.7 Å². The number of anilines is 1. The fourth-order valence-electron chi connectivity index (χ4n) is 4.38. The van der Waals surface area contributed by atoms with Gasteiger partial charge in [0.2, 0.25) is 0 Å². The third-order valence-corrected chi connectivity index (χ3v) is 7.50. The number of aromatic nitrogens is 2. The van der Waals surface area contributed by atoms with Gasteiger partial charge >= 0.3 is 12.5 Å². The van der Waals surface area contributed by atoms with E-state index in [1.165, 1.54) is 49.0 Å². The molecule has 4 rings (SSSR count). The van der Waals surface area contributed by atoms with E-state index in [1.54, 1.807) is 12.3 Å². The Balaban J connectivity index is 1.90. The number of rotatable bonds is 8. The average molecular weight is 662 g/mol. The topological polar surface area (TPSA) is 103 Å². The van der Waals surface area contributed by atoms with Crippen molar-refractivity contribution in [3.63, 3.8) is 0 Å². The highest BCUT2D eigenvalue weighted by atomic mass is 35.5. The Kier molecular flexibility index (Phi) is 9.44. The van der Waals surface area contributed by atoms with Crippen molar-refractivity contribution in [2.45, 2.75) is 31.0 Å². The zero-order chi connectivity index (χ0) is 32.6. The van der Waals surface area contributed by atoms with E-state index < -0.39 is 41.4 Å². The van der Waals surface area contributed by atoms with Gasteiger partial charge in [0.05, 0.1) is 28.7 Å². The van der Waals surface area contributed by atoms with Crippen molar-refractivity contribution in [2.75, 3.05) is 11.3 Å². The molecular weight excluding hydrogens is 639 g/mol. The van der Waals surface area contributed by atoms with Crippen LogP contribution in [0.4, 0.5) is 36.4 Å². The van der Waals surface area contributed by atoms with Gasteiger partial charge in [0, 0.05) is 28.4 Å². The van der Waals surface area contributed by atoms with E-state index in [4.69, 9.17) is 23.2 Å². The fraction of sp³-hybridized carbons (Fsp3) is 0.179. The molecule has 0 aliphatic rings. The van der Waals surface area contributed by atoms with E-state index in [9.17, 15) is 35.8 Å². The summed E-state index contributed by atoms with van der Waals surface area (Å²) in [6, 6.07) is 10.5. The molecule has 16 heteroatoms. The first-order valence-corrected chi connectivity index (χ1v) is 14.0. The molecular formula is C28H23ClF7N5O2S. The second-order valence-electron chi connectivity index (χ2n) is 9.16. The molecule has 1 heterocycles. The number of hydrogen-bond acceptors (Lipinski definition) is 7. The summed E-state index contributed by atoms with van der Waals surface area (Å²) < 4.78 is 98.7. The summed E-state index contributed by atoms with van der Waals surface area (Å²) in [7, 11) is 0. The maximum absolute atomic E-state index is 14.9. The van der Waals surface area contributed by atoms with E-state index >= 15 is 0 Å². The standard InChI is InChI=1S/C28H23ClF7N5O2S/c1-14-39-26(27(31,32)33)12-40(14)21-5-3-15(17-8-20(30)18(13-42)25(10-17)44-2)9-22(21)41(38)23(11-37)16-4-6-24(19(29)7-16)43-28(34,35)36/h3-12,42H,13,37-38H2,1-2H3/b23-11-. The number of aryl methyl sites for hydroxylation is 1. The van der Waals surface area contributed by atoms with E-state index in [-0.39, 0.29) is 34.0 Å². The average Bonchev–Trinajstić information content (AvgIpc) is 3.35. The number of thioether (sulfide) groups is 1. The molecule has 44 heavy (non-hydrogen) atoms. The minimum atomic E-state index is -5.00. The molecule has 0 fully saturated rings. The molecule has 7 nitrogen and oxygen atoms in total. The predicted molar refractivity (Wildman–Crippen MR) is 153 cm³/mol. The Morgan fingerprint density at radius 2 is 1.80 bits per heavy atom. The maximum atomic E-state index is 14.9. The minimum absolute atomic E-state index is 0.00992. The van der Waals surface area contributed by atoms with Crippen LogP contribution in [0.25, 0.3) is 22.5 Å². The van der Waals surface area contributed by atoms with Gasteiger partial charge in [-0.3, -0.25) is 5.01 Å². The molecule has 0 spiro atoms. The van der Waals surface area contributed by atoms with E-state index in [0.717, 1.165) is 34.1 Å². The van der Waals surface area contributed by atoms with Crippen molar-refractivity contribution in [3.8, 4) is 22.6 Å². The molecule has 0 radical (unpaired) electrons. The van der Waals surface area contributed by atoms with Gasteiger partial charge in [-0.2, -0.15) is 13.2 Å². The smallest absolute Gasteiger partial charge is 0.404 e. The van der Waals surface area contributed by atoms with Crippen LogP contribution in [0.5, 0.6) is 5.75 Å². The molecule has 0 aliphatic carbocycles. The number of aliphatic hydroxyl groups excluding tert-OH is 1. The monoisotopic (exact) mass is 661 g/mol. The quantitative estimate of drug-likeness (QED) is 0.0782. The lowest BCUT2D eigenvalue weighted by Crippen LogP contribution is -2.31. The van der Waals surface area contributed by atoms with Crippen molar-refractivity contribution in [2.24, 2.45) is 11.6 Å².